The molecule has 1 saturated heterocycles. The monoisotopic (exact) mass is 633 g/mol. The molecule has 36 heavy (non-hydrogen) atoms. The molecular formula is C27H22Br2FNO4S. The highest BCUT2D eigenvalue weighted by Gasteiger charge is 2.35. The molecule has 0 unspecified atom stereocenters. The van der Waals surface area contributed by atoms with Gasteiger partial charge in [-0.05, 0) is 105 Å². The van der Waals surface area contributed by atoms with Crippen LogP contribution in [-0.4, -0.2) is 29.2 Å². The number of ether oxygens (including phenoxy) is 2. The predicted molar refractivity (Wildman–Crippen MR) is 147 cm³/mol. The van der Waals surface area contributed by atoms with Crippen LogP contribution in [0, 0.1) is 19.7 Å². The van der Waals surface area contributed by atoms with Crippen molar-refractivity contribution in [3.05, 3.63) is 96.5 Å². The first-order valence-corrected chi connectivity index (χ1v) is 13.4. The molecule has 0 N–H and O–H groups in total. The van der Waals surface area contributed by atoms with Gasteiger partial charge in [-0.25, -0.2) is 4.39 Å². The number of hydrogen-bond donors (Lipinski definition) is 0. The molecule has 3 aromatic carbocycles. The second kappa shape index (κ2) is 11.6. The molecule has 5 nitrogen and oxygen atoms in total. The van der Waals surface area contributed by atoms with Crippen LogP contribution >= 0.6 is 43.6 Å². The van der Waals surface area contributed by atoms with Crippen LogP contribution in [-0.2, 0) is 11.4 Å². The SMILES string of the molecule is Cc1ccc(C)c(OCCN2C(=O)S/C(=C\c3cc(Br)c(OCc4ccccc4F)c(Br)c3)C2=O)c1. The topological polar surface area (TPSA) is 55.8 Å². The summed E-state index contributed by atoms with van der Waals surface area (Å²) in [6.45, 7) is 4.36. The number of thioether (sulfide) groups is 1. The molecule has 3 aromatic rings. The molecule has 1 heterocycles. The van der Waals surface area contributed by atoms with E-state index in [1.165, 1.54) is 11.0 Å². The van der Waals surface area contributed by atoms with Crippen LogP contribution in [0.1, 0.15) is 22.3 Å². The van der Waals surface area contributed by atoms with E-state index in [2.05, 4.69) is 31.9 Å². The first-order chi connectivity index (χ1) is 17.2. The maximum Gasteiger partial charge on any atom is 0.293 e. The largest absolute Gasteiger partial charge is 0.491 e. The third-order valence-electron chi connectivity index (χ3n) is 5.44. The van der Waals surface area contributed by atoms with Crippen molar-refractivity contribution >= 4 is 60.8 Å². The summed E-state index contributed by atoms with van der Waals surface area (Å²) in [5.74, 6) is 0.551. The number of benzene rings is 3. The van der Waals surface area contributed by atoms with Crippen LogP contribution in [0.5, 0.6) is 11.5 Å². The summed E-state index contributed by atoms with van der Waals surface area (Å²) in [6, 6.07) is 15.9. The van der Waals surface area contributed by atoms with Gasteiger partial charge in [0.05, 0.1) is 20.4 Å². The van der Waals surface area contributed by atoms with Gasteiger partial charge < -0.3 is 9.47 Å². The maximum absolute atomic E-state index is 13.9. The zero-order valence-electron chi connectivity index (χ0n) is 19.5. The van der Waals surface area contributed by atoms with E-state index in [0.717, 1.165) is 28.6 Å². The Kier molecular flexibility index (Phi) is 8.54. The highest BCUT2D eigenvalue weighted by atomic mass is 79.9. The first-order valence-electron chi connectivity index (χ1n) is 11.0. The molecule has 2 amide bonds. The Morgan fingerprint density at radius 3 is 2.44 bits per heavy atom. The van der Waals surface area contributed by atoms with Crippen molar-refractivity contribution in [2.45, 2.75) is 20.5 Å². The molecule has 0 aliphatic carbocycles. The smallest absolute Gasteiger partial charge is 0.293 e. The number of halogens is 3. The van der Waals surface area contributed by atoms with Crippen molar-refractivity contribution < 1.29 is 23.5 Å². The molecule has 1 aliphatic heterocycles. The summed E-state index contributed by atoms with van der Waals surface area (Å²) >= 11 is 7.86. The Morgan fingerprint density at radius 2 is 1.72 bits per heavy atom. The summed E-state index contributed by atoms with van der Waals surface area (Å²) in [5, 5.41) is -0.334. The molecule has 0 saturated carbocycles. The fraction of sp³-hybridized carbons (Fsp3) is 0.185. The van der Waals surface area contributed by atoms with Gasteiger partial charge in [-0.3, -0.25) is 14.5 Å². The normalized spacial score (nSPS) is 14.6. The van der Waals surface area contributed by atoms with Gasteiger partial charge in [0.2, 0.25) is 0 Å². The summed E-state index contributed by atoms with van der Waals surface area (Å²) in [6.07, 6.45) is 1.66. The summed E-state index contributed by atoms with van der Waals surface area (Å²) < 4.78 is 26.8. The van der Waals surface area contributed by atoms with E-state index >= 15 is 0 Å². The molecule has 186 valence electrons. The van der Waals surface area contributed by atoms with Gasteiger partial charge in [0.25, 0.3) is 11.1 Å². The highest BCUT2D eigenvalue weighted by Crippen LogP contribution is 2.38. The van der Waals surface area contributed by atoms with Crippen LogP contribution in [0.4, 0.5) is 9.18 Å². The van der Waals surface area contributed by atoms with Crippen molar-refractivity contribution in [3.63, 3.8) is 0 Å². The molecule has 0 aromatic heterocycles. The van der Waals surface area contributed by atoms with Crippen LogP contribution in [0.25, 0.3) is 6.08 Å². The molecule has 1 fully saturated rings. The average molecular weight is 635 g/mol. The second-order valence-corrected chi connectivity index (χ2v) is 10.8. The third kappa shape index (κ3) is 6.19. The van der Waals surface area contributed by atoms with Gasteiger partial charge in [0, 0.05) is 5.56 Å². The first kappa shape index (κ1) is 26.4. The van der Waals surface area contributed by atoms with E-state index in [9.17, 15) is 14.0 Å². The number of aryl methyl sites for hydroxylation is 2. The van der Waals surface area contributed by atoms with Crippen LogP contribution in [0.2, 0.25) is 0 Å². The maximum atomic E-state index is 13.9. The minimum atomic E-state index is -0.360. The van der Waals surface area contributed by atoms with Gasteiger partial charge in [-0.15, -0.1) is 0 Å². The van der Waals surface area contributed by atoms with Crippen LogP contribution in [0.15, 0.2) is 68.4 Å². The quantitative estimate of drug-likeness (QED) is 0.238. The lowest BCUT2D eigenvalue weighted by atomic mass is 10.1. The summed E-state index contributed by atoms with van der Waals surface area (Å²) in [4.78, 5) is 26.9. The van der Waals surface area contributed by atoms with Gasteiger partial charge in [0.1, 0.15) is 30.5 Å². The number of hydrogen-bond acceptors (Lipinski definition) is 5. The van der Waals surface area contributed by atoms with Crippen molar-refractivity contribution in [2.24, 2.45) is 0 Å². The molecule has 0 radical (unpaired) electrons. The van der Waals surface area contributed by atoms with Crippen molar-refractivity contribution in [1.29, 1.82) is 0 Å². The average Bonchev–Trinajstić information content (AvgIpc) is 3.09. The van der Waals surface area contributed by atoms with Crippen molar-refractivity contribution in [1.82, 2.24) is 4.90 Å². The van der Waals surface area contributed by atoms with Gasteiger partial charge >= 0.3 is 0 Å². The number of rotatable bonds is 8. The van der Waals surface area contributed by atoms with E-state index in [4.69, 9.17) is 9.47 Å². The lowest BCUT2D eigenvalue weighted by Crippen LogP contribution is -2.32. The van der Waals surface area contributed by atoms with Crippen LogP contribution < -0.4 is 9.47 Å². The predicted octanol–water partition coefficient (Wildman–Crippen LogP) is 7.66. The highest BCUT2D eigenvalue weighted by molar-refractivity contribution is 9.11. The number of carbonyl (C=O) groups excluding carboxylic acids is 2. The van der Waals surface area contributed by atoms with E-state index in [-0.39, 0.29) is 36.7 Å². The van der Waals surface area contributed by atoms with E-state index in [0.29, 0.717) is 30.7 Å². The Hall–Kier alpha value is -2.62. The summed E-state index contributed by atoms with van der Waals surface area (Å²) in [5.41, 5.74) is 3.21. The minimum Gasteiger partial charge on any atom is -0.491 e. The van der Waals surface area contributed by atoms with E-state index in [1.807, 2.05) is 32.0 Å². The minimum absolute atomic E-state index is 0.0618. The fourth-order valence-corrected chi connectivity index (χ4v) is 5.84. The Balaban J connectivity index is 1.42. The molecule has 1 aliphatic rings. The van der Waals surface area contributed by atoms with Gasteiger partial charge in [0.15, 0.2) is 0 Å². The number of carbonyl (C=O) groups is 2. The number of nitrogens with zero attached hydrogens (tertiary/aromatic N) is 1. The van der Waals surface area contributed by atoms with Crippen molar-refractivity contribution in [3.8, 4) is 11.5 Å². The van der Waals surface area contributed by atoms with Crippen LogP contribution in [0.3, 0.4) is 0 Å². The molecule has 0 atom stereocenters. The van der Waals surface area contributed by atoms with E-state index < -0.39 is 0 Å². The molecule has 4 rings (SSSR count). The lowest BCUT2D eigenvalue weighted by Gasteiger charge is -2.14. The number of amides is 2. The molecular weight excluding hydrogens is 613 g/mol. The zero-order valence-corrected chi connectivity index (χ0v) is 23.5. The Bertz CT molecular complexity index is 1340. The Morgan fingerprint density at radius 1 is 1.00 bits per heavy atom. The third-order valence-corrected chi connectivity index (χ3v) is 7.52. The second-order valence-electron chi connectivity index (χ2n) is 8.14. The van der Waals surface area contributed by atoms with E-state index in [1.54, 1.807) is 36.4 Å². The summed E-state index contributed by atoms with van der Waals surface area (Å²) in [7, 11) is 0. The standard InChI is InChI=1S/C27H22Br2FNO4S/c1-16-7-8-17(2)23(11-16)34-10-9-31-26(32)24(36-27(31)33)14-18-12-20(28)25(21(29)13-18)35-15-19-5-3-4-6-22(19)30/h3-8,11-14H,9-10,15H2,1-2H3/b24-14-. The number of imide groups is 1. The molecule has 0 bridgehead atoms. The zero-order chi connectivity index (χ0) is 25.8. The molecule has 9 heteroatoms. The molecule has 0 spiro atoms. The lowest BCUT2D eigenvalue weighted by molar-refractivity contribution is -0.123. The fourth-order valence-electron chi connectivity index (χ4n) is 3.52. The van der Waals surface area contributed by atoms with Gasteiger partial charge in [-0.2, -0.15) is 0 Å². The van der Waals surface area contributed by atoms with Gasteiger partial charge in [-0.1, -0.05) is 30.3 Å². The van der Waals surface area contributed by atoms with Crippen molar-refractivity contribution in [2.75, 3.05) is 13.2 Å². The Labute approximate surface area is 229 Å².